The van der Waals surface area contributed by atoms with Crippen LogP contribution in [0.2, 0.25) is 0 Å². The van der Waals surface area contributed by atoms with Gasteiger partial charge >= 0.3 is 0 Å². The smallest absolute Gasteiger partial charge is 0.243 e. The highest BCUT2D eigenvalue weighted by Gasteiger charge is 2.12. The Balaban J connectivity index is 1.59. The van der Waals surface area contributed by atoms with E-state index in [1.807, 2.05) is 0 Å². The zero-order chi connectivity index (χ0) is 15.4. The van der Waals surface area contributed by atoms with Gasteiger partial charge in [0.1, 0.15) is 19.0 Å². The number of para-hydroxylation sites is 1. The van der Waals surface area contributed by atoms with Gasteiger partial charge in [0, 0.05) is 11.8 Å². The van der Waals surface area contributed by atoms with Gasteiger partial charge in [-0.05, 0) is 24.3 Å². The summed E-state index contributed by atoms with van der Waals surface area (Å²) in [5.74, 6) is 0.592. The molecule has 0 unspecified atom stereocenters. The minimum Gasteiger partial charge on any atom is -0.486 e. The molecule has 5 nitrogen and oxygen atoms in total. The molecule has 1 aliphatic heterocycles. The topological polar surface area (TPSA) is 59.6 Å². The number of nitrogens with one attached hydrogen (secondary N) is 2. The monoisotopic (exact) mass is 302 g/mol. The van der Waals surface area contributed by atoms with E-state index in [4.69, 9.17) is 9.47 Å². The molecule has 0 fully saturated rings. The number of halogens is 1. The lowest BCUT2D eigenvalue weighted by Crippen LogP contribution is -2.22. The van der Waals surface area contributed by atoms with E-state index in [0.29, 0.717) is 36.1 Å². The summed E-state index contributed by atoms with van der Waals surface area (Å²) in [6.45, 7) is 0.972. The van der Waals surface area contributed by atoms with Gasteiger partial charge in [-0.25, -0.2) is 4.39 Å². The van der Waals surface area contributed by atoms with Crippen molar-refractivity contribution in [2.75, 3.05) is 30.4 Å². The van der Waals surface area contributed by atoms with E-state index < -0.39 is 5.82 Å². The van der Waals surface area contributed by atoms with Gasteiger partial charge in [-0.3, -0.25) is 4.79 Å². The molecule has 2 aromatic rings. The molecule has 0 saturated heterocycles. The maximum Gasteiger partial charge on any atom is 0.243 e. The third-order valence-electron chi connectivity index (χ3n) is 3.14. The summed E-state index contributed by atoms with van der Waals surface area (Å²) in [6, 6.07) is 11.4. The minimum atomic E-state index is -0.394. The molecular formula is C16H15FN2O3. The SMILES string of the molecule is O=C(CNc1ccccc1F)Nc1ccc2c(c1)OCCO2. The van der Waals surface area contributed by atoms with Crippen LogP contribution in [0, 0.1) is 5.82 Å². The molecule has 0 aliphatic carbocycles. The first-order valence-electron chi connectivity index (χ1n) is 6.90. The lowest BCUT2D eigenvalue weighted by atomic mass is 10.2. The molecule has 22 heavy (non-hydrogen) atoms. The van der Waals surface area contributed by atoms with Gasteiger partial charge in [0.25, 0.3) is 0 Å². The molecule has 0 atom stereocenters. The fourth-order valence-corrected chi connectivity index (χ4v) is 2.11. The Kier molecular flexibility index (Phi) is 4.09. The minimum absolute atomic E-state index is 0.0324. The standard InChI is InChI=1S/C16H15FN2O3/c17-12-3-1-2-4-13(12)18-10-16(20)19-11-5-6-14-15(9-11)22-8-7-21-14/h1-6,9,18H,7-8,10H2,(H,19,20). The molecule has 0 bridgehead atoms. The molecule has 2 N–H and O–H groups in total. The van der Waals surface area contributed by atoms with Crippen LogP contribution >= 0.6 is 0 Å². The van der Waals surface area contributed by atoms with Gasteiger partial charge in [0.2, 0.25) is 5.91 Å². The zero-order valence-electron chi connectivity index (χ0n) is 11.8. The van der Waals surface area contributed by atoms with Crippen molar-refractivity contribution in [1.82, 2.24) is 0 Å². The highest BCUT2D eigenvalue weighted by atomic mass is 19.1. The number of hydrogen-bond donors (Lipinski definition) is 2. The van der Waals surface area contributed by atoms with E-state index in [2.05, 4.69) is 10.6 Å². The van der Waals surface area contributed by atoms with Gasteiger partial charge in [-0.2, -0.15) is 0 Å². The average Bonchev–Trinajstić information content (AvgIpc) is 2.54. The van der Waals surface area contributed by atoms with E-state index in [1.54, 1.807) is 36.4 Å². The van der Waals surface area contributed by atoms with Gasteiger partial charge < -0.3 is 20.1 Å². The molecule has 1 heterocycles. The largest absolute Gasteiger partial charge is 0.486 e. The summed E-state index contributed by atoms with van der Waals surface area (Å²) in [4.78, 5) is 11.9. The van der Waals surface area contributed by atoms with Gasteiger partial charge in [0.05, 0.1) is 12.2 Å². The maximum atomic E-state index is 13.4. The molecule has 3 rings (SSSR count). The fourth-order valence-electron chi connectivity index (χ4n) is 2.11. The predicted octanol–water partition coefficient (Wildman–Crippen LogP) is 2.65. The number of benzene rings is 2. The highest BCUT2D eigenvalue weighted by molar-refractivity contribution is 5.94. The number of anilines is 2. The van der Waals surface area contributed by atoms with Gasteiger partial charge in [-0.15, -0.1) is 0 Å². The van der Waals surface area contributed by atoms with Crippen LogP contribution in [0.25, 0.3) is 0 Å². The molecule has 114 valence electrons. The third-order valence-corrected chi connectivity index (χ3v) is 3.14. The van der Waals surface area contributed by atoms with E-state index >= 15 is 0 Å². The number of amides is 1. The van der Waals surface area contributed by atoms with Crippen LogP contribution in [-0.2, 0) is 4.79 Å². The van der Waals surface area contributed by atoms with E-state index in [-0.39, 0.29) is 12.5 Å². The number of hydrogen-bond acceptors (Lipinski definition) is 4. The summed E-state index contributed by atoms with van der Waals surface area (Å²) in [7, 11) is 0. The number of rotatable bonds is 4. The Morgan fingerprint density at radius 1 is 1.09 bits per heavy atom. The van der Waals surface area contributed by atoms with Crippen molar-refractivity contribution in [3.63, 3.8) is 0 Å². The number of carbonyl (C=O) groups excluding carboxylic acids is 1. The van der Waals surface area contributed by atoms with Crippen LogP contribution in [0.3, 0.4) is 0 Å². The van der Waals surface area contributed by atoms with Crippen LogP contribution in [0.4, 0.5) is 15.8 Å². The lowest BCUT2D eigenvalue weighted by molar-refractivity contribution is -0.114. The molecule has 0 radical (unpaired) electrons. The Hall–Kier alpha value is -2.76. The van der Waals surface area contributed by atoms with E-state index in [0.717, 1.165) is 0 Å². The highest BCUT2D eigenvalue weighted by Crippen LogP contribution is 2.32. The van der Waals surface area contributed by atoms with Crippen molar-refractivity contribution in [1.29, 1.82) is 0 Å². The molecule has 0 spiro atoms. The first-order valence-corrected chi connectivity index (χ1v) is 6.90. The summed E-state index contributed by atoms with van der Waals surface area (Å²) >= 11 is 0. The van der Waals surface area contributed by atoms with Crippen LogP contribution in [0.5, 0.6) is 11.5 Å². The van der Waals surface area contributed by atoms with Crippen molar-refractivity contribution >= 4 is 17.3 Å². The molecule has 1 aliphatic rings. The van der Waals surface area contributed by atoms with Crippen molar-refractivity contribution in [2.24, 2.45) is 0 Å². The van der Waals surface area contributed by atoms with Crippen molar-refractivity contribution < 1.29 is 18.7 Å². The van der Waals surface area contributed by atoms with Crippen molar-refractivity contribution in [3.8, 4) is 11.5 Å². The number of ether oxygens (including phenoxy) is 2. The second kappa shape index (κ2) is 6.34. The number of carbonyl (C=O) groups is 1. The van der Waals surface area contributed by atoms with Crippen LogP contribution in [-0.4, -0.2) is 25.7 Å². The molecular weight excluding hydrogens is 287 g/mol. The molecule has 1 amide bonds. The Morgan fingerprint density at radius 3 is 2.68 bits per heavy atom. The normalized spacial score (nSPS) is 12.6. The molecule has 6 heteroatoms. The molecule has 2 aromatic carbocycles. The van der Waals surface area contributed by atoms with Crippen molar-refractivity contribution in [2.45, 2.75) is 0 Å². The number of fused-ring (bicyclic) bond motifs is 1. The summed E-state index contributed by atoms with van der Waals surface area (Å²) in [5.41, 5.74) is 0.893. The third kappa shape index (κ3) is 3.28. The summed E-state index contributed by atoms with van der Waals surface area (Å²) in [6.07, 6.45) is 0. The van der Waals surface area contributed by atoms with E-state index in [9.17, 15) is 9.18 Å². The summed E-state index contributed by atoms with van der Waals surface area (Å²) < 4.78 is 24.3. The van der Waals surface area contributed by atoms with Gasteiger partial charge in [0.15, 0.2) is 11.5 Å². The predicted molar refractivity (Wildman–Crippen MR) is 81.0 cm³/mol. The van der Waals surface area contributed by atoms with Gasteiger partial charge in [-0.1, -0.05) is 12.1 Å². The van der Waals surface area contributed by atoms with Crippen LogP contribution in [0.15, 0.2) is 42.5 Å². The first-order chi connectivity index (χ1) is 10.7. The first kappa shape index (κ1) is 14.2. The Labute approximate surface area is 127 Å². The Morgan fingerprint density at radius 2 is 1.86 bits per heavy atom. The fraction of sp³-hybridized carbons (Fsp3) is 0.188. The second-order valence-corrected chi connectivity index (χ2v) is 4.74. The molecule has 0 saturated carbocycles. The molecule has 0 aromatic heterocycles. The Bertz CT molecular complexity index is 691. The quantitative estimate of drug-likeness (QED) is 0.911. The zero-order valence-corrected chi connectivity index (χ0v) is 11.8. The lowest BCUT2D eigenvalue weighted by Gasteiger charge is -2.19. The second-order valence-electron chi connectivity index (χ2n) is 4.74. The van der Waals surface area contributed by atoms with Crippen molar-refractivity contribution in [3.05, 3.63) is 48.3 Å². The maximum absolute atomic E-state index is 13.4. The summed E-state index contributed by atoms with van der Waals surface area (Å²) in [5, 5.41) is 5.47. The van der Waals surface area contributed by atoms with Crippen LogP contribution < -0.4 is 20.1 Å². The van der Waals surface area contributed by atoms with E-state index in [1.165, 1.54) is 6.07 Å². The average molecular weight is 302 g/mol. The van der Waals surface area contributed by atoms with Crippen LogP contribution in [0.1, 0.15) is 0 Å².